The van der Waals surface area contributed by atoms with Gasteiger partial charge in [-0.3, -0.25) is 4.79 Å². The first-order valence-corrected chi connectivity index (χ1v) is 7.38. The van der Waals surface area contributed by atoms with Crippen molar-refractivity contribution >= 4 is 5.91 Å². The molecular formula is C15H26N2O2. The lowest BCUT2D eigenvalue weighted by Crippen LogP contribution is -2.49. The van der Waals surface area contributed by atoms with Gasteiger partial charge in [-0.05, 0) is 44.4 Å². The summed E-state index contributed by atoms with van der Waals surface area (Å²) in [7, 11) is 0. The zero-order valence-electron chi connectivity index (χ0n) is 12.0. The molecule has 2 rings (SSSR count). The Bertz CT molecular complexity index is 348. The first-order valence-electron chi connectivity index (χ1n) is 7.38. The zero-order valence-corrected chi connectivity index (χ0v) is 12.0. The van der Waals surface area contributed by atoms with Crippen LogP contribution in [-0.2, 0) is 9.53 Å². The van der Waals surface area contributed by atoms with E-state index < -0.39 is 0 Å². The van der Waals surface area contributed by atoms with Crippen molar-refractivity contribution in [2.24, 2.45) is 17.6 Å². The van der Waals surface area contributed by atoms with Gasteiger partial charge in [-0.2, -0.15) is 0 Å². The minimum Gasteiger partial charge on any atom is -0.377 e. The normalized spacial score (nSPS) is 32.9. The third kappa shape index (κ3) is 4.05. The van der Waals surface area contributed by atoms with Crippen LogP contribution in [0.2, 0.25) is 0 Å². The molecule has 2 aliphatic rings. The highest BCUT2D eigenvalue weighted by atomic mass is 16.5. The summed E-state index contributed by atoms with van der Waals surface area (Å²) >= 11 is 0. The maximum atomic E-state index is 11.7. The zero-order chi connectivity index (χ0) is 13.8. The Balaban J connectivity index is 1.91. The number of hydrogen-bond acceptors (Lipinski definition) is 3. The molecule has 1 saturated heterocycles. The minimum absolute atomic E-state index is 0.227. The van der Waals surface area contributed by atoms with E-state index in [4.69, 9.17) is 10.5 Å². The Kier molecular flexibility index (Phi) is 4.99. The highest BCUT2D eigenvalue weighted by molar-refractivity contribution is 5.80. The Morgan fingerprint density at radius 3 is 3.00 bits per heavy atom. The number of primary amides is 1. The van der Waals surface area contributed by atoms with Crippen LogP contribution in [0.4, 0.5) is 0 Å². The maximum absolute atomic E-state index is 11.7. The number of amides is 1. The van der Waals surface area contributed by atoms with E-state index in [1.54, 1.807) is 0 Å². The summed E-state index contributed by atoms with van der Waals surface area (Å²) in [6, 6.07) is -0.227. The third-order valence-electron chi connectivity index (χ3n) is 4.20. The third-order valence-corrected chi connectivity index (χ3v) is 4.20. The molecule has 4 heteroatoms. The average Bonchev–Trinajstić information content (AvgIpc) is 2.80. The SMILES string of the molecule is CC1=CC(C)CC(C(NCC2CCCO2)C(N)=O)C1. The Morgan fingerprint density at radius 2 is 2.42 bits per heavy atom. The summed E-state index contributed by atoms with van der Waals surface area (Å²) in [5.74, 6) is 0.619. The smallest absolute Gasteiger partial charge is 0.234 e. The Morgan fingerprint density at radius 1 is 1.63 bits per heavy atom. The van der Waals surface area contributed by atoms with Gasteiger partial charge in [0.25, 0.3) is 0 Å². The van der Waals surface area contributed by atoms with E-state index in [-0.39, 0.29) is 18.1 Å². The molecule has 1 heterocycles. The van der Waals surface area contributed by atoms with Crippen LogP contribution in [0.1, 0.15) is 39.5 Å². The molecule has 4 atom stereocenters. The molecule has 0 spiro atoms. The molecule has 1 fully saturated rings. The molecule has 19 heavy (non-hydrogen) atoms. The predicted octanol–water partition coefficient (Wildman–Crippen LogP) is 1.60. The Labute approximate surface area is 115 Å². The van der Waals surface area contributed by atoms with E-state index in [2.05, 4.69) is 25.2 Å². The summed E-state index contributed by atoms with van der Waals surface area (Å²) < 4.78 is 5.59. The van der Waals surface area contributed by atoms with Gasteiger partial charge in [0.05, 0.1) is 12.1 Å². The maximum Gasteiger partial charge on any atom is 0.234 e. The molecule has 0 aromatic heterocycles. The molecule has 0 aromatic carbocycles. The topological polar surface area (TPSA) is 64.3 Å². The first-order chi connectivity index (χ1) is 9.06. The van der Waals surface area contributed by atoms with Crippen molar-refractivity contribution in [1.82, 2.24) is 5.32 Å². The van der Waals surface area contributed by atoms with Gasteiger partial charge in [0.1, 0.15) is 0 Å². The second-order valence-electron chi connectivity index (χ2n) is 6.11. The van der Waals surface area contributed by atoms with E-state index >= 15 is 0 Å². The van der Waals surface area contributed by atoms with Crippen LogP contribution in [0.5, 0.6) is 0 Å². The highest BCUT2D eigenvalue weighted by Crippen LogP contribution is 2.30. The largest absolute Gasteiger partial charge is 0.377 e. The molecule has 108 valence electrons. The molecule has 3 N–H and O–H groups in total. The lowest BCUT2D eigenvalue weighted by Gasteiger charge is -2.31. The van der Waals surface area contributed by atoms with Gasteiger partial charge in [0, 0.05) is 13.2 Å². The predicted molar refractivity (Wildman–Crippen MR) is 75.6 cm³/mol. The number of rotatable bonds is 5. The van der Waals surface area contributed by atoms with Crippen LogP contribution in [-0.4, -0.2) is 31.2 Å². The van der Waals surface area contributed by atoms with Crippen molar-refractivity contribution in [3.63, 3.8) is 0 Å². The van der Waals surface area contributed by atoms with Gasteiger partial charge in [0.2, 0.25) is 5.91 Å². The first kappa shape index (κ1) is 14.5. The van der Waals surface area contributed by atoms with Crippen molar-refractivity contribution in [1.29, 1.82) is 0 Å². The van der Waals surface area contributed by atoms with Crippen molar-refractivity contribution in [3.05, 3.63) is 11.6 Å². The summed E-state index contributed by atoms with van der Waals surface area (Å²) in [6.07, 6.45) is 6.75. The van der Waals surface area contributed by atoms with Crippen LogP contribution in [0.15, 0.2) is 11.6 Å². The fraction of sp³-hybridized carbons (Fsp3) is 0.800. The summed E-state index contributed by atoms with van der Waals surface area (Å²) in [5, 5.41) is 3.35. The van der Waals surface area contributed by atoms with Crippen molar-refractivity contribution in [2.75, 3.05) is 13.2 Å². The van der Waals surface area contributed by atoms with E-state index in [1.165, 1.54) is 5.57 Å². The van der Waals surface area contributed by atoms with E-state index in [0.717, 1.165) is 38.8 Å². The van der Waals surface area contributed by atoms with Crippen molar-refractivity contribution in [3.8, 4) is 0 Å². The van der Waals surface area contributed by atoms with Gasteiger partial charge in [-0.25, -0.2) is 0 Å². The lowest BCUT2D eigenvalue weighted by atomic mass is 9.79. The number of nitrogens with one attached hydrogen (secondary N) is 1. The van der Waals surface area contributed by atoms with Gasteiger partial charge in [-0.15, -0.1) is 0 Å². The molecule has 0 saturated carbocycles. The van der Waals surface area contributed by atoms with Gasteiger partial charge in [-0.1, -0.05) is 18.6 Å². The fourth-order valence-electron chi connectivity index (χ4n) is 3.41. The monoisotopic (exact) mass is 266 g/mol. The quantitative estimate of drug-likeness (QED) is 0.743. The second-order valence-corrected chi connectivity index (χ2v) is 6.11. The molecular weight excluding hydrogens is 240 g/mol. The van der Waals surface area contributed by atoms with E-state index in [1.807, 2.05) is 0 Å². The molecule has 0 radical (unpaired) electrons. The average molecular weight is 266 g/mol. The number of carbonyl (C=O) groups is 1. The highest BCUT2D eigenvalue weighted by Gasteiger charge is 2.30. The standard InChI is InChI=1S/C15H26N2O2/c1-10-6-11(2)8-12(7-10)14(15(16)18)17-9-13-4-3-5-19-13/h6,10,12-14,17H,3-5,7-9H2,1-2H3,(H2,16,18). The van der Waals surface area contributed by atoms with Crippen molar-refractivity contribution < 1.29 is 9.53 Å². The summed E-state index contributed by atoms with van der Waals surface area (Å²) in [6.45, 7) is 5.92. The summed E-state index contributed by atoms with van der Waals surface area (Å²) in [4.78, 5) is 11.7. The van der Waals surface area contributed by atoms with E-state index in [0.29, 0.717) is 11.8 Å². The molecule has 1 aliphatic carbocycles. The van der Waals surface area contributed by atoms with Crippen LogP contribution in [0.3, 0.4) is 0 Å². The van der Waals surface area contributed by atoms with Crippen LogP contribution in [0, 0.1) is 11.8 Å². The summed E-state index contributed by atoms with van der Waals surface area (Å²) in [5.41, 5.74) is 6.95. The number of carbonyl (C=O) groups excluding carboxylic acids is 1. The molecule has 1 amide bonds. The number of allylic oxidation sites excluding steroid dienone is 2. The number of nitrogens with two attached hydrogens (primary N) is 1. The Hall–Kier alpha value is -0.870. The fourth-order valence-corrected chi connectivity index (χ4v) is 3.41. The molecule has 4 unspecified atom stereocenters. The second kappa shape index (κ2) is 6.53. The molecule has 1 aliphatic heterocycles. The van der Waals surface area contributed by atoms with Gasteiger partial charge < -0.3 is 15.8 Å². The number of ether oxygens (including phenoxy) is 1. The van der Waals surface area contributed by atoms with Crippen LogP contribution in [0.25, 0.3) is 0 Å². The number of hydrogen-bond donors (Lipinski definition) is 2. The van der Waals surface area contributed by atoms with Gasteiger partial charge in [0.15, 0.2) is 0 Å². The van der Waals surface area contributed by atoms with Crippen molar-refractivity contribution in [2.45, 2.75) is 51.7 Å². The van der Waals surface area contributed by atoms with Gasteiger partial charge >= 0.3 is 0 Å². The lowest BCUT2D eigenvalue weighted by molar-refractivity contribution is -0.121. The van der Waals surface area contributed by atoms with Crippen LogP contribution < -0.4 is 11.1 Å². The molecule has 4 nitrogen and oxygen atoms in total. The minimum atomic E-state index is -0.232. The molecule has 0 aromatic rings. The van der Waals surface area contributed by atoms with Crippen LogP contribution >= 0.6 is 0 Å². The van der Waals surface area contributed by atoms with E-state index in [9.17, 15) is 4.79 Å². The molecule has 0 bridgehead atoms.